The van der Waals surface area contributed by atoms with Gasteiger partial charge in [-0.3, -0.25) is 0 Å². The number of aromatic nitrogens is 2. The number of ether oxygens (including phenoxy) is 1. The highest BCUT2D eigenvalue weighted by Crippen LogP contribution is 2.08. The quantitative estimate of drug-likeness (QED) is 0.765. The lowest BCUT2D eigenvalue weighted by Crippen LogP contribution is -2.03. The molecule has 0 saturated heterocycles. The highest BCUT2D eigenvalue weighted by atomic mass is 16.5. The second kappa shape index (κ2) is 5.15. The van der Waals surface area contributed by atoms with Crippen LogP contribution in [0.15, 0.2) is 36.7 Å². The Labute approximate surface area is 104 Å². The van der Waals surface area contributed by atoms with E-state index in [0.29, 0.717) is 17.9 Å². The minimum atomic E-state index is -0.359. The van der Waals surface area contributed by atoms with Crippen molar-refractivity contribution in [3.8, 4) is 6.07 Å². The predicted molar refractivity (Wildman–Crippen MR) is 63.8 cm³/mol. The number of benzene rings is 1. The van der Waals surface area contributed by atoms with Crippen molar-refractivity contribution in [2.45, 2.75) is 6.54 Å². The lowest BCUT2D eigenvalue weighted by atomic mass is 10.1. The molecule has 2 rings (SSSR count). The number of methoxy groups -OCH3 is 1. The summed E-state index contributed by atoms with van der Waals surface area (Å²) in [5.74, 6) is 0.00828. The number of carbonyl (C=O) groups is 1. The van der Waals surface area contributed by atoms with Gasteiger partial charge in [-0.2, -0.15) is 5.26 Å². The van der Waals surface area contributed by atoms with Crippen molar-refractivity contribution in [1.82, 2.24) is 9.55 Å². The number of nitrogens with zero attached hydrogens (tertiary/aromatic N) is 3. The van der Waals surface area contributed by atoms with Crippen LogP contribution in [-0.2, 0) is 11.3 Å². The molecule has 0 aliphatic rings. The van der Waals surface area contributed by atoms with Gasteiger partial charge >= 0.3 is 5.97 Å². The lowest BCUT2D eigenvalue weighted by molar-refractivity contribution is 0.0600. The zero-order chi connectivity index (χ0) is 13.0. The van der Waals surface area contributed by atoms with Crippen LogP contribution in [0, 0.1) is 11.3 Å². The van der Waals surface area contributed by atoms with E-state index in [1.54, 1.807) is 29.1 Å². The van der Waals surface area contributed by atoms with E-state index in [9.17, 15) is 4.79 Å². The van der Waals surface area contributed by atoms with Gasteiger partial charge in [0.05, 0.1) is 12.7 Å². The van der Waals surface area contributed by atoms with Crippen molar-refractivity contribution in [3.05, 3.63) is 53.6 Å². The summed E-state index contributed by atoms with van der Waals surface area (Å²) in [6, 6.07) is 9.06. The van der Waals surface area contributed by atoms with Gasteiger partial charge < -0.3 is 9.30 Å². The van der Waals surface area contributed by atoms with E-state index in [4.69, 9.17) is 5.26 Å². The van der Waals surface area contributed by atoms with Crippen molar-refractivity contribution < 1.29 is 9.53 Å². The monoisotopic (exact) mass is 241 g/mol. The topological polar surface area (TPSA) is 67.9 Å². The molecule has 5 nitrogen and oxygen atoms in total. The summed E-state index contributed by atoms with van der Waals surface area (Å²) in [5.41, 5.74) is 1.49. The van der Waals surface area contributed by atoms with Crippen molar-refractivity contribution >= 4 is 5.97 Å². The number of imidazole rings is 1. The van der Waals surface area contributed by atoms with Crippen LogP contribution >= 0.6 is 0 Å². The summed E-state index contributed by atoms with van der Waals surface area (Å²) in [7, 11) is 1.35. The highest BCUT2D eigenvalue weighted by molar-refractivity contribution is 5.89. The van der Waals surface area contributed by atoms with Gasteiger partial charge in [0, 0.05) is 18.9 Å². The first-order chi connectivity index (χ1) is 8.74. The first-order valence-corrected chi connectivity index (χ1v) is 5.33. The minimum Gasteiger partial charge on any atom is -0.465 e. The lowest BCUT2D eigenvalue weighted by Gasteiger charge is -2.05. The fraction of sp³-hybridized carbons (Fsp3) is 0.154. The molecule has 0 bridgehead atoms. The molecule has 0 radical (unpaired) electrons. The number of carbonyl (C=O) groups excluding carboxylic acids is 1. The van der Waals surface area contributed by atoms with E-state index in [1.165, 1.54) is 7.11 Å². The number of esters is 1. The predicted octanol–water partition coefficient (Wildman–Crippen LogP) is 1.59. The van der Waals surface area contributed by atoms with Gasteiger partial charge in [-0.25, -0.2) is 9.78 Å². The Kier molecular flexibility index (Phi) is 3.39. The molecule has 0 aliphatic heterocycles. The summed E-state index contributed by atoms with van der Waals surface area (Å²) in [6.45, 7) is 0.546. The van der Waals surface area contributed by atoms with Gasteiger partial charge in [-0.1, -0.05) is 12.1 Å². The number of hydrogen-bond acceptors (Lipinski definition) is 4. The Morgan fingerprint density at radius 2 is 2.17 bits per heavy atom. The van der Waals surface area contributed by atoms with Gasteiger partial charge in [0.25, 0.3) is 0 Å². The van der Waals surface area contributed by atoms with Crippen LogP contribution in [0.1, 0.15) is 21.7 Å². The minimum absolute atomic E-state index is 0.359. The molecule has 0 saturated carbocycles. The highest BCUT2D eigenvalue weighted by Gasteiger charge is 2.06. The Morgan fingerprint density at radius 1 is 1.44 bits per heavy atom. The van der Waals surface area contributed by atoms with Gasteiger partial charge in [-0.05, 0) is 17.7 Å². The number of nitriles is 1. The molecule has 0 atom stereocenters. The van der Waals surface area contributed by atoms with Crippen molar-refractivity contribution in [2.24, 2.45) is 0 Å². The fourth-order valence-corrected chi connectivity index (χ4v) is 1.61. The zero-order valence-electron chi connectivity index (χ0n) is 9.83. The van der Waals surface area contributed by atoms with Crippen LogP contribution in [0.2, 0.25) is 0 Å². The van der Waals surface area contributed by atoms with E-state index in [1.807, 2.05) is 18.2 Å². The molecular weight excluding hydrogens is 230 g/mol. The smallest absolute Gasteiger partial charge is 0.337 e. The molecule has 1 heterocycles. The molecule has 90 valence electrons. The van der Waals surface area contributed by atoms with Crippen LogP contribution in [0.25, 0.3) is 0 Å². The van der Waals surface area contributed by atoms with Gasteiger partial charge in [0.15, 0.2) is 0 Å². The normalized spacial score (nSPS) is 9.78. The van der Waals surface area contributed by atoms with Crippen molar-refractivity contribution in [3.63, 3.8) is 0 Å². The molecule has 2 aromatic rings. The summed E-state index contributed by atoms with van der Waals surface area (Å²) >= 11 is 0. The molecule has 0 amide bonds. The van der Waals surface area contributed by atoms with E-state index >= 15 is 0 Å². The number of hydrogen-bond donors (Lipinski definition) is 0. The third-order valence-electron chi connectivity index (χ3n) is 2.54. The van der Waals surface area contributed by atoms with Crippen LogP contribution in [0.3, 0.4) is 0 Å². The first kappa shape index (κ1) is 11.9. The Morgan fingerprint density at radius 3 is 2.78 bits per heavy atom. The fourth-order valence-electron chi connectivity index (χ4n) is 1.61. The van der Waals surface area contributed by atoms with E-state index < -0.39 is 0 Å². The average Bonchev–Trinajstić information content (AvgIpc) is 2.86. The standard InChI is InChI=1S/C13H11N3O2/c1-18-13(17)11-4-2-10(3-5-11)9-16-7-6-15-12(16)8-14/h2-7H,9H2,1H3. The van der Waals surface area contributed by atoms with Crippen LogP contribution in [0.4, 0.5) is 0 Å². The molecule has 1 aromatic carbocycles. The summed E-state index contributed by atoms with van der Waals surface area (Å²) in [4.78, 5) is 15.2. The third-order valence-corrected chi connectivity index (χ3v) is 2.54. The van der Waals surface area contributed by atoms with Gasteiger partial charge in [-0.15, -0.1) is 0 Å². The van der Waals surface area contributed by atoms with Gasteiger partial charge in [0.1, 0.15) is 6.07 Å². The summed E-state index contributed by atoms with van der Waals surface area (Å²) in [6.07, 6.45) is 3.33. The maximum Gasteiger partial charge on any atom is 0.337 e. The SMILES string of the molecule is COC(=O)c1ccc(Cn2ccnc2C#N)cc1. The molecule has 0 unspecified atom stereocenters. The maximum atomic E-state index is 11.3. The second-order valence-electron chi connectivity index (χ2n) is 3.68. The summed E-state index contributed by atoms with van der Waals surface area (Å²) < 4.78 is 6.36. The van der Waals surface area contributed by atoms with Crippen LogP contribution < -0.4 is 0 Å². The Bertz CT molecular complexity index is 593. The first-order valence-electron chi connectivity index (χ1n) is 5.33. The largest absolute Gasteiger partial charge is 0.465 e. The van der Waals surface area contributed by atoms with Gasteiger partial charge in [0.2, 0.25) is 5.82 Å². The molecule has 5 heteroatoms. The molecule has 0 aliphatic carbocycles. The van der Waals surface area contributed by atoms with E-state index in [-0.39, 0.29) is 5.97 Å². The maximum absolute atomic E-state index is 11.3. The van der Waals surface area contributed by atoms with E-state index in [2.05, 4.69) is 9.72 Å². The van der Waals surface area contributed by atoms with E-state index in [0.717, 1.165) is 5.56 Å². The molecule has 1 aromatic heterocycles. The van der Waals surface area contributed by atoms with Crippen molar-refractivity contribution in [2.75, 3.05) is 7.11 Å². The molecule has 0 N–H and O–H groups in total. The third kappa shape index (κ3) is 2.38. The summed E-state index contributed by atoms with van der Waals surface area (Å²) in [5, 5.41) is 8.84. The van der Waals surface area contributed by atoms with Crippen molar-refractivity contribution in [1.29, 1.82) is 5.26 Å². The molecule has 0 spiro atoms. The van der Waals surface area contributed by atoms with Crippen LogP contribution in [-0.4, -0.2) is 22.6 Å². The Hall–Kier alpha value is -2.61. The molecule has 18 heavy (non-hydrogen) atoms. The zero-order valence-corrected chi connectivity index (χ0v) is 9.83. The average molecular weight is 241 g/mol. The van der Waals surface area contributed by atoms with Crippen LogP contribution in [0.5, 0.6) is 0 Å². The number of rotatable bonds is 3. The Balaban J connectivity index is 2.16. The molecule has 0 fully saturated rings. The second-order valence-corrected chi connectivity index (χ2v) is 3.68. The molecular formula is C13H11N3O2.